The average Bonchev–Trinajstić information content (AvgIpc) is 2.29. The fourth-order valence-corrected chi connectivity index (χ4v) is 2.27. The fourth-order valence-electron chi connectivity index (χ4n) is 2.27. The summed E-state index contributed by atoms with van der Waals surface area (Å²) in [6.45, 7) is 12.5. The van der Waals surface area contributed by atoms with E-state index in [9.17, 15) is 0 Å². The van der Waals surface area contributed by atoms with Gasteiger partial charge in [0, 0.05) is 24.0 Å². The molecule has 0 saturated carbocycles. The van der Waals surface area contributed by atoms with Crippen molar-refractivity contribution in [1.29, 1.82) is 0 Å². The zero-order valence-corrected chi connectivity index (χ0v) is 11.9. The van der Waals surface area contributed by atoms with Crippen LogP contribution in [0.25, 0.3) is 0 Å². The minimum absolute atomic E-state index is 0.538. The monoisotopic (exact) mass is 234 g/mol. The van der Waals surface area contributed by atoms with Crippen LogP contribution in [0.15, 0.2) is 24.4 Å². The Morgan fingerprint density at radius 3 is 2.18 bits per heavy atom. The average molecular weight is 234 g/mol. The van der Waals surface area contributed by atoms with Crippen molar-refractivity contribution in [3.63, 3.8) is 0 Å². The summed E-state index contributed by atoms with van der Waals surface area (Å²) in [5.41, 5.74) is 1.21. The molecule has 17 heavy (non-hydrogen) atoms. The largest absolute Gasteiger partial charge is 0.299 e. The van der Waals surface area contributed by atoms with Crippen LogP contribution in [0.3, 0.4) is 0 Å². The van der Waals surface area contributed by atoms with E-state index in [0.29, 0.717) is 18.0 Å². The lowest BCUT2D eigenvalue weighted by atomic mass is 10.0. The van der Waals surface area contributed by atoms with Gasteiger partial charge in [-0.1, -0.05) is 13.0 Å². The molecule has 1 atom stereocenters. The van der Waals surface area contributed by atoms with Gasteiger partial charge in [0.1, 0.15) is 0 Å². The van der Waals surface area contributed by atoms with E-state index in [1.54, 1.807) is 0 Å². The molecule has 0 saturated heterocycles. The smallest absolute Gasteiger partial charge is 0.0432 e. The van der Waals surface area contributed by atoms with E-state index in [1.165, 1.54) is 12.1 Å². The minimum atomic E-state index is 0.538. The van der Waals surface area contributed by atoms with Crippen LogP contribution in [0.2, 0.25) is 0 Å². The molecule has 0 N–H and O–H groups in total. The van der Waals surface area contributed by atoms with Gasteiger partial charge in [0.05, 0.1) is 0 Å². The fraction of sp³-hybridized carbons (Fsp3) is 0.667. The van der Waals surface area contributed by atoms with Crippen LogP contribution < -0.4 is 0 Å². The number of pyridine rings is 1. The molecule has 0 aliphatic rings. The lowest BCUT2D eigenvalue weighted by Gasteiger charge is -2.31. The van der Waals surface area contributed by atoms with Crippen LogP contribution in [0.4, 0.5) is 0 Å². The van der Waals surface area contributed by atoms with E-state index in [1.807, 2.05) is 12.3 Å². The zero-order valence-electron chi connectivity index (χ0n) is 11.9. The lowest BCUT2D eigenvalue weighted by Crippen LogP contribution is -2.38. The van der Waals surface area contributed by atoms with Gasteiger partial charge in [0.2, 0.25) is 0 Å². The summed E-state index contributed by atoms with van der Waals surface area (Å²) in [6.07, 6.45) is 3.06. The summed E-state index contributed by atoms with van der Waals surface area (Å²) in [6, 6.07) is 7.41. The van der Waals surface area contributed by atoms with Crippen LogP contribution in [-0.2, 0) is 0 Å². The number of nitrogens with zero attached hydrogens (tertiary/aromatic N) is 2. The quantitative estimate of drug-likeness (QED) is 0.746. The van der Waals surface area contributed by atoms with E-state index in [-0.39, 0.29) is 0 Å². The van der Waals surface area contributed by atoms with Crippen molar-refractivity contribution in [2.24, 2.45) is 0 Å². The van der Waals surface area contributed by atoms with Crippen molar-refractivity contribution in [3.8, 4) is 0 Å². The molecule has 1 rings (SSSR count). The van der Waals surface area contributed by atoms with E-state index in [2.05, 4.69) is 56.6 Å². The highest BCUT2D eigenvalue weighted by molar-refractivity contribution is 5.08. The van der Waals surface area contributed by atoms with Gasteiger partial charge in [-0.15, -0.1) is 0 Å². The van der Waals surface area contributed by atoms with Crippen molar-refractivity contribution in [2.45, 2.75) is 59.0 Å². The Hall–Kier alpha value is -0.890. The SMILES string of the molecule is CC(CCN(C(C)C)C(C)C)c1ccccn1. The summed E-state index contributed by atoms with van der Waals surface area (Å²) in [4.78, 5) is 6.97. The van der Waals surface area contributed by atoms with Gasteiger partial charge in [-0.05, 0) is 58.7 Å². The summed E-state index contributed by atoms with van der Waals surface area (Å²) < 4.78 is 0. The Morgan fingerprint density at radius 1 is 1.06 bits per heavy atom. The molecule has 2 nitrogen and oxygen atoms in total. The molecule has 1 unspecified atom stereocenters. The van der Waals surface area contributed by atoms with Gasteiger partial charge in [0.15, 0.2) is 0 Å². The van der Waals surface area contributed by atoms with E-state index >= 15 is 0 Å². The first-order valence-corrected chi connectivity index (χ1v) is 6.69. The molecule has 0 aliphatic carbocycles. The van der Waals surface area contributed by atoms with Gasteiger partial charge in [-0.3, -0.25) is 9.88 Å². The first kappa shape index (κ1) is 14.2. The second-order valence-electron chi connectivity index (χ2n) is 5.37. The predicted molar refractivity (Wildman–Crippen MR) is 74.2 cm³/mol. The third-order valence-corrected chi connectivity index (χ3v) is 3.34. The molecule has 2 heteroatoms. The number of hydrogen-bond acceptors (Lipinski definition) is 2. The van der Waals surface area contributed by atoms with Crippen LogP contribution in [0, 0.1) is 0 Å². The molecule has 0 amide bonds. The van der Waals surface area contributed by atoms with Gasteiger partial charge >= 0.3 is 0 Å². The standard InChI is InChI=1S/C15H26N2/c1-12(2)17(13(3)4)11-9-14(5)15-8-6-7-10-16-15/h6-8,10,12-14H,9,11H2,1-5H3. The Bertz CT molecular complexity index is 298. The second-order valence-corrected chi connectivity index (χ2v) is 5.37. The van der Waals surface area contributed by atoms with Crippen LogP contribution in [-0.4, -0.2) is 28.5 Å². The second kappa shape index (κ2) is 6.75. The molecule has 0 bridgehead atoms. The topological polar surface area (TPSA) is 16.1 Å². The highest BCUT2D eigenvalue weighted by Gasteiger charge is 2.15. The molecule has 0 radical (unpaired) electrons. The maximum Gasteiger partial charge on any atom is 0.0432 e. The number of aromatic nitrogens is 1. The van der Waals surface area contributed by atoms with Gasteiger partial charge in [0.25, 0.3) is 0 Å². The van der Waals surface area contributed by atoms with E-state index in [4.69, 9.17) is 0 Å². The zero-order chi connectivity index (χ0) is 12.8. The molecule has 0 aromatic carbocycles. The van der Waals surface area contributed by atoms with Crippen molar-refractivity contribution in [1.82, 2.24) is 9.88 Å². The molecule has 0 spiro atoms. The molecular weight excluding hydrogens is 208 g/mol. The van der Waals surface area contributed by atoms with Crippen molar-refractivity contribution in [3.05, 3.63) is 30.1 Å². The minimum Gasteiger partial charge on any atom is -0.299 e. The van der Waals surface area contributed by atoms with E-state index in [0.717, 1.165) is 6.54 Å². The Labute approximate surface area is 106 Å². The predicted octanol–water partition coefficient (Wildman–Crippen LogP) is 3.69. The molecule has 0 fully saturated rings. The first-order chi connectivity index (χ1) is 8.02. The maximum absolute atomic E-state index is 4.43. The molecule has 1 aromatic heterocycles. The number of hydrogen-bond donors (Lipinski definition) is 0. The van der Waals surface area contributed by atoms with Gasteiger partial charge in [-0.2, -0.15) is 0 Å². The summed E-state index contributed by atoms with van der Waals surface area (Å²) in [5, 5.41) is 0. The number of rotatable bonds is 6. The molecule has 96 valence electrons. The summed E-state index contributed by atoms with van der Waals surface area (Å²) >= 11 is 0. The highest BCUT2D eigenvalue weighted by atomic mass is 15.2. The Kier molecular flexibility index (Phi) is 5.63. The van der Waals surface area contributed by atoms with Crippen LogP contribution in [0.5, 0.6) is 0 Å². The van der Waals surface area contributed by atoms with Crippen molar-refractivity contribution >= 4 is 0 Å². The van der Waals surface area contributed by atoms with Crippen LogP contribution >= 0.6 is 0 Å². The molecule has 1 heterocycles. The third-order valence-electron chi connectivity index (χ3n) is 3.34. The normalized spacial score (nSPS) is 13.6. The maximum atomic E-state index is 4.43. The van der Waals surface area contributed by atoms with Crippen molar-refractivity contribution in [2.75, 3.05) is 6.54 Å². The van der Waals surface area contributed by atoms with Gasteiger partial charge in [-0.25, -0.2) is 0 Å². The molecule has 1 aromatic rings. The summed E-state index contributed by atoms with van der Waals surface area (Å²) in [5.74, 6) is 0.538. The Balaban J connectivity index is 2.50. The summed E-state index contributed by atoms with van der Waals surface area (Å²) in [7, 11) is 0. The highest BCUT2D eigenvalue weighted by Crippen LogP contribution is 2.18. The van der Waals surface area contributed by atoms with Crippen LogP contribution in [0.1, 0.15) is 52.7 Å². The molecule has 0 aliphatic heterocycles. The first-order valence-electron chi connectivity index (χ1n) is 6.69. The lowest BCUT2D eigenvalue weighted by molar-refractivity contribution is 0.169. The molecular formula is C15H26N2. The van der Waals surface area contributed by atoms with Crippen molar-refractivity contribution < 1.29 is 0 Å². The third kappa shape index (κ3) is 4.47. The van der Waals surface area contributed by atoms with Gasteiger partial charge < -0.3 is 0 Å². The van der Waals surface area contributed by atoms with E-state index < -0.39 is 0 Å². The Morgan fingerprint density at radius 2 is 1.71 bits per heavy atom.